The lowest BCUT2D eigenvalue weighted by Crippen LogP contribution is -2.33. The summed E-state index contributed by atoms with van der Waals surface area (Å²) in [5.41, 5.74) is -0.0890. The van der Waals surface area contributed by atoms with Crippen LogP contribution in [-0.2, 0) is 9.59 Å². The van der Waals surface area contributed by atoms with E-state index in [0.29, 0.717) is 10.0 Å². The van der Waals surface area contributed by atoms with Gasteiger partial charge in [-0.1, -0.05) is 82.7 Å². The average molecular weight is 515 g/mol. The molecule has 0 amide bonds. The molecule has 0 atom stereocenters. The highest BCUT2D eigenvalue weighted by Crippen LogP contribution is 2.46. The standard InChI is InChI=1S/C27H15BrO6/c28-18-12-6-5-11-17(18)19(20-22(29)13-7-1-3-9-15(13)24(31)26(20)33)21-23(30)14-8-2-4-10-16(14)25(32)27(21)34/h1-12,19,29-30H. The van der Waals surface area contributed by atoms with Crippen LogP contribution in [0.15, 0.2) is 88.4 Å². The Kier molecular flexibility index (Phi) is 5.14. The molecule has 0 bridgehead atoms. The van der Waals surface area contributed by atoms with Gasteiger partial charge in [0.15, 0.2) is 0 Å². The molecule has 7 heteroatoms. The Morgan fingerprint density at radius 1 is 0.529 bits per heavy atom. The van der Waals surface area contributed by atoms with Gasteiger partial charge >= 0.3 is 0 Å². The van der Waals surface area contributed by atoms with Gasteiger partial charge in [0.05, 0.1) is 17.1 Å². The second kappa shape index (κ2) is 8.04. The van der Waals surface area contributed by atoms with Crippen LogP contribution in [0.25, 0.3) is 11.5 Å². The number of fused-ring (bicyclic) bond motifs is 2. The van der Waals surface area contributed by atoms with Gasteiger partial charge in [-0.3, -0.25) is 19.2 Å². The third kappa shape index (κ3) is 3.08. The zero-order valence-corrected chi connectivity index (χ0v) is 19.0. The molecule has 2 N–H and O–H groups in total. The van der Waals surface area contributed by atoms with Gasteiger partial charge in [0.2, 0.25) is 23.1 Å². The number of hydrogen-bond acceptors (Lipinski definition) is 6. The molecule has 0 fully saturated rings. The number of carbonyl (C=O) groups excluding carboxylic acids is 4. The van der Waals surface area contributed by atoms with Gasteiger partial charge in [0.1, 0.15) is 11.5 Å². The van der Waals surface area contributed by atoms with E-state index in [1.54, 1.807) is 48.5 Å². The van der Waals surface area contributed by atoms with Crippen molar-refractivity contribution in [1.29, 1.82) is 0 Å². The van der Waals surface area contributed by atoms with Crippen LogP contribution in [0.4, 0.5) is 0 Å². The molecule has 3 aromatic carbocycles. The fourth-order valence-corrected chi connectivity index (χ4v) is 4.98. The quantitative estimate of drug-likeness (QED) is 0.476. The molecule has 2 aliphatic carbocycles. The Bertz CT molecular complexity index is 1420. The summed E-state index contributed by atoms with van der Waals surface area (Å²) in [6, 6.07) is 18.8. The maximum Gasteiger partial charge on any atom is 0.234 e. The van der Waals surface area contributed by atoms with Crippen LogP contribution in [-0.4, -0.2) is 33.3 Å². The number of allylic oxidation sites excluding steroid dienone is 2. The van der Waals surface area contributed by atoms with Gasteiger partial charge in [-0.05, 0) is 11.6 Å². The minimum Gasteiger partial charge on any atom is -0.507 e. The second-order valence-corrected chi connectivity index (χ2v) is 8.74. The fourth-order valence-electron chi connectivity index (χ4n) is 4.47. The Morgan fingerprint density at radius 2 is 0.912 bits per heavy atom. The van der Waals surface area contributed by atoms with Crippen LogP contribution >= 0.6 is 15.9 Å². The van der Waals surface area contributed by atoms with Gasteiger partial charge in [-0.15, -0.1) is 0 Å². The summed E-state index contributed by atoms with van der Waals surface area (Å²) in [5, 5.41) is 22.4. The van der Waals surface area contributed by atoms with E-state index in [9.17, 15) is 29.4 Å². The number of rotatable bonds is 3. The predicted octanol–water partition coefficient (Wildman–Crippen LogP) is 5.00. The maximum atomic E-state index is 13.3. The van der Waals surface area contributed by atoms with Gasteiger partial charge in [0.25, 0.3) is 0 Å². The van der Waals surface area contributed by atoms with E-state index in [1.807, 2.05) is 0 Å². The molecule has 166 valence electrons. The van der Waals surface area contributed by atoms with E-state index in [0.717, 1.165) is 0 Å². The summed E-state index contributed by atoms with van der Waals surface area (Å²) >= 11 is 3.40. The number of benzene rings is 3. The van der Waals surface area contributed by atoms with Crippen molar-refractivity contribution in [2.45, 2.75) is 5.92 Å². The number of aliphatic hydroxyl groups excluding tert-OH is 2. The van der Waals surface area contributed by atoms with Gasteiger partial charge in [0, 0.05) is 26.7 Å². The summed E-state index contributed by atoms with van der Waals surface area (Å²) in [7, 11) is 0. The highest BCUT2D eigenvalue weighted by molar-refractivity contribution is 9.10. The highest BCUT2D eigenvalue weighted by atomic mass is 79.9. The maximum absolute atomic E-state index is 13.3. The molecule has 0 saturated carbocycles. The predicted molar refractivity (Wildman–Crippen MR) is 128 cm³/mol. The number of hydrogen-bond donors (Lipinski definition) is 2. The molecule has 5 rings (SSSR count). The lowest BCUT2D eigenvalue weighted by Gasteiger charge is -2.29. The lowest BCUT2D eigenvalue weighted by molar-refractivity contribution is -0.112. The van der Waals surface area contributed by atoms with E-state index in [2.05, 4.69) is 15.9 Å². The SMILES string of the molecule is O=C1C(=O)c2ccccc2C(O)=C1C(C1=C(O)c2ccccc2C(=O)C1=O)c1ccccc1Br. The molecule has 0 heterocycles. The first-order chi connectivity index (χ1) is 16.3. The summed E-state index contributed by atoms with van der Waals surface area (Å²) in [4.78, 5) is 52.6. The largest absolute Gasteiger partial charge is 0.507 e. The molecule has 0 aliphatic heterocycles. The van der Waals surface area contributed by atoms with Crippen LogP contribution in [0.5, 0.6) is 0 Å². The summed E-state index contributed by atoms with van der Waals surface area (Å²) in [6.45, 7) is 0. The van der Waals surface area contributed by atoms with E-state index >= 15 is 0 Å². The summed E-state index contributed by atoms with van der Waals surface area (Å²) < 4.78 is 0.457. The zero-order chi connectivity index (χ0) is 24.1. The van der Waals surface area contributed by atoms with E-state index in [1.165, 1.54) is 24.3 Å². The van der Waals surface area contributed by atoms with Gasteiger partial charge < -0.3 is 10.2 Å². The molecule has 3 aromatic rings. The second-order valence-electron chi connectivity index (χ2n) is 7.89. The van der Waals surface area contributed by atoms with E-state index in [-0.39, 0.29) is 33.4 Å². The molecule has 6 nitrogen and oxygen atoms in total. The van der Waals surface area contributed by atoms with E-state index < -0.39 is 40.6 Å². The minimum atomic E-state index is -1.38. The van der Waals surface area contributed by atoms with Crippen molar-refractivity contribution in [3.05, 3.63) is 116 Å². The molecule has 0 spiro atoms. The van der Waals surface area contributed by atoms with Gasteiger partial charge in [-0.2, -0.15) is 0 Å². The smallest absolute Gasteiger partial charge is 0.234 e. The van der Waals surface area contributed by atoms with Crippen molar-refractivity contribution >= 4 is 50.6 Å². The Morgan fingerprint density at radius 3 is 1.35 bits per heavy atom. The first-order valence-electron chi connectivity index (χ1n) is 10.3. The first kappa shape index (κ1) is 21.7. The molecule has 0 radical (unpaired) electrons. The Labute approximate surface area is 202 Å². The van der Waals surface area contributed by atoms with Crippen molar-refractivity contribution in [2.24, 2.45) is 0 Å². The molecule has 0 aromatic heterocycles. The van der Waals surface area contributed by atoms with Crippen LogP contribution in [0.2, 0.25) is 0 Å². The van der Waals surface area contributed by atoms with E-state index in [4.69, 9.17) is 0 Å². The van der Waals surface area contributed by atoms with Gasteiger partial charge in [-0.25, -0.2) is 0 Å². The van der Waals surface area contributed by atoms with Crippen molar-refractivity contribution in [1.82, 2.24) is 0 Å². The lowest BCUT2D eigenvalue weighted by atomic mass is 9.72. The van der Waals surface area contributed by atoms with Crippen molar-refractivity contribution in [2.75, 3.05) is 0 Å². The number of carbonyl (C=O) groups is 4. The number of Topliss-reactive ketones (excluding diaryl/α,β-unsaturated/α-hetero) is 4. The Balaban J connectivity index is 1.88. The van der Waals surface area contributed by atoms with Crippen LogP contribution in [0.1, 0.15) is 43.3 Å². The van der Waals surface area contributed by atoms with Crippen molar-refractivity contribution in [3.8, 4) is 0 Å². The molecular formula is C27H15BrO6. The van der Waals surface area contributed by atoms with Crippen molar-refractivity contribution in [3.63, 3.8) is 0 Å². The monoisotopic (exact) mass is 514 g/mol. The summed E-state index contributed by atoms with van der Waals surface area (Å²) in [5.74, 6) is -6.09. The Hall–Kier alpha value is -4.10. The topological polar surface area (TPSA) is 109 Å². The summed E-state index contributed by atoms with van der Waals surface area (Å²) in [6.07, 6.45) is 0. The zero-order valence-electron chi connectivity index (χ0n) is 17.4. The molecule has 0 unspecified atom stereocenters. The fraction of sp³-hybridized carbons (Fsp3) is 0.0370. The minimum absolute atomic E-state index is 0.0363. The normalized spacial score (nSPS) is 15.7. The third-order valence-corrected chi connectivity index (χ3v) is 6.78. The average Bonchev–Trinajstić information content (AvgIpc) is 2.85. The third-order valence-electron chi connectivity index (χ3n) is 6.06. The molecular weight excluding hydrogens is 500 g/mol. The molecule has 2 aliphatic rings. The van der Waals surface area contributed by atoms with Crippen LogP contribution < -0.4 is 0 Å². The first-order valence-corrected chi connectivity index (χ1v) is 11.1. The van der Waals surface area contributed by atoms with Crippen LogP contribution in [0.3, 0.4) is 0 Å². The number of ketones is 4. The molecule has 34 heavy (non-hydrogen) atoms. The molecule has 0 saturated heterocycles. The highest BCUT2D eigenvalue weighted by Gasteiger charge is 2.45. The van der Waals surface area contributed by atoms with Crippen molar-refractivity contribution < 1.29 is 29.4 Å². The van der Waals surface area contributed by atoms with Crippen LogP contribution in [0, 0.1) is 0 Å². The number of halogens is 1. The number of aliphatic hydroxyl groups is 2.